The monoisotopic (exact) mass is 396 g/mol. The predicted molar refractivity (Wildman–Crippen MR) is 125 cm³/mol. The van der Waals surface area contributed by atoms with Crippen LogP contribution in [0.1, 0.15) is 106 Å². The van der Waals surface area contributed by atoms with Gasteiger partial charge in [0.05, 0.1) is 0 Å². The molecule has 0 N–H and O–H groups in total. The lowest BCUT2D eigenvalue weighted by molar-refractivity contribution is -0.102. The van der Waals surface area contributed by atoms with Gasteiger partial charge in [-0.2, -0.15) is 0 Å². The molecule has 0 amide bonds. The molecule has 0 aromatic rings. The van der Waals surface area contributed by atoms with E-state index in [0.29, 0.717) is 5.41 Å². The van der Waals surface area contributed by atoms with Crippen molar-refractivity contribution in [2.45, 2.75) is 106 Å². The number of fused-ring (bicyclic) bond motifs is 4. The van der Waals surface area contributed by atoms with Gasteiger partial charge in [-0.05, 0) is 128 Å². The van der Waals surface area contributed by atoms with Crippen molar-refractivity contribution in [1.82, 2.24) is 0 Å². The summed E-state index contributed by atoms with van der Waals surface area (Å²) in [6.45, 7) is 15.2. The highest BCUT2D eigenvalue weighted by molar-refractivity contribution is 5.22. The van der Waals surface area contributed by atoms with Gasteiger partial charge in [0.15, 0.2) is 0 Å². The van der Waals surface area contributed by atoms with Gasteiger partial charge < -0.3 is 0 Å². The van der Waals surface area contributed by atoms with Gasteiger partial charge in [0.2, 0.25) is 0 Å². The normalized spacial score (nSPS) is 52.7. The van der Waals surface area contributed by atoms with Crippen molar-refractivity contribution >= 4 is 0 Å². The molecule has 0 saturated heterocycles. The van der Waals surface area contributed by atoms with Crippen molar-refractivity contribution in [3.05, 3.63) is 12.2 Å². The van der Waals surface area contributed by atoms with E-state index in [2.05, 4.69) is 53.7 Å². The van der Waals surface area contributed by atoms with E-state index in [0.717, 1.165) is 58.2 Å². The summed E-state index contributed by atoms with van der Waals surface area (Å²) in [5, 5.41) is 0. The van der Waals surface area contributed by atoms with Crippen LogP contribution in [0.2, 0.25) is 0 Å². The molecule has 5 aliphatic carbocycles. The Morgan fingerprint density at radius 3 is 2.34 bits per heavy atom. The molecule has 10 atom stereocenters. The zero-order valence-corrected chi connectivity index (χ0v) is 20.3. The fourth-order valence-electron chi connectivity index (χ4n) is 10.4. The van der Waals surface area contributed by atoms with Crippen LogP contribution in [0.5, 0.6) is 0 Å². The van der Waals surface area contributed by atoms with E-state index in [-0.39, 0.29) is 0 Å². The maximum Gasteiger partial charge on any atom is -0.0209 e. The summed E-state index contributed by atoms with van der Waals surface area (Å²) in [6, 6.07) is 0. The first-order chi connectivity index (χ1) is 13.8. The van der Waals surface area contributed by atoms with Gasteiger partial charge in [-0.1, -0.05) is 53.7 Å². The minimum atomic E-state index is 0.618. The fraction of sp³-hybridized carbons (Fsp3) is 0.931. The fourth-order valence-corrected chi connectivity index (χ4v) is 10.4. The summed E-state index contributed by atoms with van der Waals surface area (Å²) < 4.78 is 0. The smallest absolute Gasteiger partial charge is 0.0209 e. The molecule has 0 bridgehead atoms. The van der Waals surface area contributed by atoms with Crippen LogP contribution in [-0.4, -0.2) is 0 Å². The molecule has 0 heteroatoms. The highest BCUT2D eigenvalue weighted by Gasteiger charge is 2.73. The molecule has 0 radical (unpaired) electrons. The summed E-state index contributed by atoms with van der Waals surface area (Å²) >= 11 is 0. The van der Waals surface area contributed by atoms with E-state index in [1.807, 2.05) is 0 Å². The van der Waals surface area contributed by atoms with Crippen LogP contribution in [0.4, 0.5) is 0 Å². The van der Waals surface area contributed by atoms with Gasteiger partial charge in [0.1, 0.15) is 0 Å². The Bertz CT molecular complexity index is 659. The topological polar surface area (TPSA) is 0 Å². The first-order valence-corrected chi connectivity index (χ1v) is 13.4. The molecular formula is C29H48. The molecule has 10 unspecified atom stereocenters. The van der Waals surface area contributed by atoms with Crippen LogP contribution in [0.15, 0.2) is 12.2 Å². The zero-order chi connectivity index (χ0) is 20.6. The maximum absolute atomic E-state index is 2.76. The quantitative estimate of drug-likeness (QED) is 0.408. The molecule has 5 aliphatic rings. The van der Waals surface area contributed by atoms with E-state index in [9.17, 15) is 0 Å². The third-order valence-corrected chi connectivity index (χ3v) is 12.3. The highest BCUT2D eigenvalue weighted by Crippen LogP contribution is 2.81. The van der Waals surface area contributed by atoms with Gasteiger partial charge in [-0.25, -0.2) is 0 Å². The molecule has 0 nitrogen and oxygen atoms in total. The zero-order valence-electron chi connectivity index (χ0n) is 20.3. The van der Waals surface area contributed by atoms with Crippen LogP contribution in [-0.2, 0) is 0 Å². The van der Waals surface area contributed by atoms with Crippen LogP contribution in [0.25, 0.3) is 0 Å². The van der Waals surface area contributed by atoms with Crippen molar-refractivity contribution < 1.29 is 0 Å². The molecule has 0 aliphatic heterocycles. The van der Waals surface area contributed by atoms with Crippen LogP contribution >= 0.6 is 0 Å². The lowest BCUT2D eigenvalue weighted by atomic mass is 9.46. The second kappa shape index (κ2) is 6.87. The molecule has 0 heterocycles. The summed E-state index contributed by atoms with van der Waals surface area (Å²) in [7, 11) is 0. The van der Waals surface area contributed by atoms with Gasteiger partial charge >= 0.3 is 0 Å². The minimum absolute atomic E-state index is 0.618. The third kappa shape index (κ3) is 2.75. The summed E-state index contributed by atoms with van der Waals surface area (Å²) in [5.41, 5.74) is 2.16. The van der Waals surface area contributed by atoms with E-state index < -0.39 is 0 Å². The second-order valence-electron chi connectivity index (χ2n) is 13.2. The number of hydrogen-bond acceptors (Lipinski definition) is 0. The van der Waals surface area contributed by atoms with Crippen molar-refractivity contribution in [3.63, 3.8) is 0 Å². The highest BCUT2D eigenvalue weighted by atomic mass is 14.8. The van der Waals surface area contributed by atoms with Crippen LogP contribution in [0.3, 0.4) is 0 Å². The summed E-state index contributed by atoms with van der Waals surface area (Å²) in [4.78, 5) is 0. The molecule has 29 heavy (non-hydrogen) atoms. The Morgan fingerprint density at radius 2 is 1.66 bits per heavy atom. The molecule has 5 rings (SSSR count). The van der Waals surface area contributed by atoms with Crippen molar-refractivity contribution in [1.29, 1.82) is 0 Å². The summed E-state index contributed by atoms with van der Waals surface area (Å²) in [5.74, 6) is 7.52. The Hall–Kier alpha value is -0.260. The van der Waals surface area contributed by atoms with Crippen LogP contribution < -0.4 is 0 Å². The molecule has 164 valence electrons. The van der Waals surface area contributed by atoms with Gasteiger partial charge in [0, 0.05) is 0 Å². The molecule has 0 aromatic heterocycles. The Labute approximate surface area is 181 Å². The average Bonchev–Trinajstić information content (AvgIpc) is 3.16. The molecule has 5 saturated carbocycles. The van der Waals surface area contributed by atoms with Gasteiger partial charge in [-0.3, -0.25) is 0 Å². The lowest BCUT2D eigenvalue weighted by Crippen LogP contribution is -2.52. The number of allylic oxidation sites excluding steroid dienone is 2. The first kappa shape index (κ1) is 20.6. The van der Waals surface area contributed by atoms with E-state index >= 15 is 0 Å². The van der Waals surface area contributed by atoms with E-state index in [4.69, 9.17) is 0 Å². The third-order valence-electron chi connectivity index (χ3n) is 12.3. The van der Waals surface area contributed by atoms with E-state index in [1.54, 1.807) is 38.5 Å². The minimum Gasteiger partial charge on any atom is -0.0851 e. The van der Waals surface area contributed by atoms with Crippen molar-refractivity contribution in [2.24, 2.45) is 63.6 Å². The largest absolute Gasteiger partial charge is 0.0851 e. The molecular weight excluding hydrogens is 348 g/mol. The van der Waals surface area contributed by atoms with E-state index in [1.165, 1.54) is 25.7 Å². The number of hydrogen-bond donors (Lipinski definition) is 0. The second-order valence-corrected chi connectivity index (χ2v) is 13.2. The lowest BCUT2D eigenvalue weighted by Gasteiger charge is -2.59. The summed E-state index contributed by atoms with van der Waals surface area (Å²) in [6.07, 6.45) is 20.6. The first-order valence-electron chi connectivity index (χ1n) is 13.4. The van der Waals surface area contributed by atoms with Gasteiger partial charge in [0.25, 0.3) is 0 Å². The SMILES string of the molecule is CCC(C=CC(C)C1CCC2C3CCC45CC4CCC5(C)C3CCC12C)C(C)C. The number of rotatable bonds is 5. The van der Waals surface area contributed by atoms with Crippen molar-refractivity contribution in [2.75, 3.05) is 0 Å². The predicted octanol–water partition coefficient (Wildman–Crippen LogP) is 8.52. The Morgan fingerprint density at radius 1 is 0.862 bits per heavy atom. The Balaban J connectivity index is 1.33. The molecule has 0 aromatic carbocycles. The average molecular weight is 397 g/mol. The standard InChI is InChI=1S/C29H48/c1-7-21(19(2)3)9-8-20(4)24-10-11-25-23-13-17-29-18-22(29)12-16-28(29,6)26(23)14-15-27(24,25)5/h8-9,19-26H,7,10-18H2,1-6H3. The van der Waals surface area contributed by atoms with Crippen molar-refractivity contribution in [3.8, 4) is 0 Å². The molecule has 1 spiro atoms. The Kier molecular flexibility index (Phi) is 4.89. The maximum atomic E-state index is 2.76. The van der Waals surface area contributed by atoms with Crippen LogP contribution in [0, 0.1) is 63.6 Å². The molecule has 5 fully saturated rings. The van der Waals surface area contributed by atoms with Gasteiger partial charge in [-0.15, -0.1) is 0 Å².